The number of hydrogen-bond acceptors (Lipinski definition) is 3. The van der Waals surface area contributed by atoms with E-state index in [2.05, 4.69) is 15.4 Å². The van der Waals surface area contributed by atoms with Crippen molar-refractivity contribution in [1.29, 1.82) is 0 Å². The van der Waals surface area contributed by atoms with Gasteiger partial charge in [0.2, 0.25) is 0 Å². The van der Waals surface area contributed by atoms with Crippen molar-refractivity contribution in [2.24, 2.45) is 0 Å². The molecule has 1 heterocycles. The third kappa shape index (κ3) is 5.09. The summed E-state index contributed by atoms with van der Waals surface area (Å²) in [7, 11) is 0. The Kier molecular flexibility index (Phi) is 4.82. The van der Waals surface area contributed by atoms with Crippen LogP contribution in [-0.2, 0) is 0 Å². The van der Waals surface area contributed by atoms with E-state index in [0.29, 0.717) is 6.42 Å². The third-order valence-electron chi connectivity index (χ3n) is 3.06. The summed E-state index contributed by atoms with van der Waals surface area (Å²) in [5.41, 5.74) is 1.75. The number of rotatable bonds is 6. The summed E-state index contributed by atoms with van der Waals surface area (Å²) in [6.07, 6.45) is -1.14. The molecule has 0 saturated heterocycles. The lowest BCUT2D eigenvalue weighted by atomic mass is 10.1. The lowest BCUT2D eigenvalue weighted by Crippen LogP contribution is -2.16. The topological polar surface area (TPSA) is 42.7 Å². The summed E-state index contributed by atoms with van der Waals surface area (Å²) in [5.74, 6) is 0. The summed E-state index contributed by atoms with van der Waals surface area (Å²) in [5, 5.41) is 7.21. The molecule has 2 aromatic rings. The van der Waals surface area contributed by atoms with E-state index in [-0.39, 0.29) is 12.5 Å². The molecule has 0 bridgehead atoms. The highest BCUT2D eigenvalue weighted by atomic mass is 19.4. The average molecular weight is 298 g/mol. The minimum Gasteiger partial charge on any atom is -0.383 e. The highest BCUT2D eigenvalue weighted by Gasteiger charge is 2.26. The van der Waals surface area contributed by atoms with Crippen LogP contribution in [0.25, 0.3) is 5.69 Å². The molecule has 1 unspecified atom stereocenters. The molecule has 0 spiro atoms. The molecule has 0 aliphatic rings. The van der Waals surface area contributed by atoms with Crippen LogP contribution >= 0.6 is 0 Å². The third-order valence-corrected chi connectivity index (χ3v) is 3.06. The Hall–Kier alpha value is -2.05. The molecular formula is C14H17F3N4. The molecule has 1 aromatic carbocycles. The van der Waals surface area contributed by atoms with E-state index in [4.69, 9.17) is 0 Å². The maximum absolute atomic E-state index is 12.1. The molecular weight excluding hydrogens is 281 g/mol. The zero-order valence-corrected chi connectivity index (χ0v) is 11.6. The van der Waals surface area contributed by atoms with Gasteiger partial charge in [0.05, 0.1) is 5.69 Å². The molecule has 1 N–H and O–H groups in total. The monoisotopic (exact) mass is 298 g/mol. The summed E-state index contributed by atoms with van der Waals surface area (Å²) in [6.45, 7) is 1.88. The summed E-state index contributed by atoms with van der Waals surface area (Å²) >= 11 is 0. The van der Waals surface area contributed by atoms with Gasteiger partial charge in [-0.3, -0.25) is 0 Å². The van der Waals surface area contributed by atoms with E-state index in [1.807, 2.05) is 31.2 Å². The van der Waals surface area contributed by atoms with Gasteiger partial charge in [-0.25, -0.2) is 9.67 Å². The Bertz CT molecular complexity index is 534. The molecule has 0 aliphatic heterocycles. The van der Waals surface area contributed by atoms with E-state index in [1.165, 1.54) is 6.33 Å². The van der Waals surface area contributed by atoms with E-state index < -0.39 is 12.6 Å². The SMILES string of the molecule is CC(CCCC(F)(F)F)Nc1ccc(-n2cncn2)cc1. The van der Waals surface area contributed by atoms with Gasteiger partial charge in [-0.2, -0.15) is 18.3 Å². The van der Waals surface area contributed by atoms with E-state index in [1.54, 1.807) is 11.0 Å². The van der Waals surface area contributed by atoms with E-state index in [0.717, 1.165) is 11.4 Å². The second-order valence-electron chi connectivity index (χ2n) is 4.94. The van der Waals surface area contributed by atoms with Crippen molar-refractivity contribution in [2.75, 3.05) is 5.32 Å². The van der Waals surface area contributed by atoms with Crippen molar-refractivity contribution >= 4 is 5.69 Å². The largest absolute Gasteiger partial charge is 0.389 e. The number of nitrogens with one attached hydrogen (secondary N) is 1. The van der Waals surface area contributed by atoms with Gasteiger partial charge in [-0.15, -0.1) is 0 Å². The van der Waals surface area contributed by atoms with Crippen molar-refractivity contribution in [2.45, 2.75) is 38.4 Å². The second kappa shape index (κ2) is 6.60. The molecule has 114 valence electrons. The molecule has 1 atom stereocenters. The van der Waals surface area contributed by atoms with Gasteiger partial charge in [0.15, 0.2) is 0 Å². The van der Waals surface area contributed by atoms with Crippen LogP contribution in [0.3, 0.4) is 0 Å². The summed E-state index contributed by atoms with van der Waals surface area (Å²) in [4.78, 5) is 3.87. The Balaban J connectivity index is 1.83. The van der Waals surface area contributed by atoms with Crippen LogP contribution in [0.2, 0.25) is 0 Å². The number of anilines is 1. The maximum Gasteiger partial charge on any atom is 0.389 e. The zero-order chi connectivity index (χ0) is 15.3. The van der Waals surface area contributed by atoms with E-state index in [9.17, 15) is 13.2 Å². The molecule has 0 saturated carbocycles. The van der Waals surface area contributed by atoms with Gasteiger partial charge in [-0.1, -0.05) is 0 Å². The number of alkyl halides is 3. The van der Waals surface area contributed by atoms with Crippen LogP contribution in [-0.4, -0.2) is 27.0 Å². The van der Waals surface area contributed by atoms with E-state index >= 15 is 0 Å². The zero-order valence-electron chi connectivity index (χ0n) is 11.6. The molecule has 4 nitrogen and oxygen atoms in total. The predicted molar refractivity (Wildman–Crippen MR) is 74.3 cm³/mol. The lowest BCUT2D eigenvalue weighted by molar-refractivity contribution is -0.135. The van der Waals surface area contributed by atoms with Crippen LogP contribution in [0.15, 0.2) is 36.9 Å². The number of aromatic nitrogens is 3. The summed E-state index contributed by atoms with van der Waals surface area (Å²) in [6, 6.07) is 7.48. The highest BCUT2D eigenvalue weighted by Crippen LogP contribution is 2.23. The van der Waals surface area contributed by atoms with Gasteiger partial charge < -0.3 is 5.32 Å². The summed E-state index contributed by atoms with van der Waals surface area (Å²) < 4.78 is 37.9. The van der Waals surface area contributed by atoms with Crippen molar-refractivity contribution in [3.05, 3.63) is 36.9 Å². The molecule has 1 aromatic heterocycles. The maximum atomic E-state index is 12.1. The fraction of sp³-hybridized carbons (Fsp3) is 0.429. The number of hydrogen-bond donors (Lipinski definition) is 1. The minimum absolute atomic E-state index is 0.00966. The van der Waals surface area contributed by atoms with Gasteiger partial charge in [-0.05, 0) is 44.0 Å². The van der Waals surface area contributed by atoms with Crippen LogP contribution in [0.5, 0.6) is 0 Å². The van der Waals surface area contributed by atoms with Gasteiger partial charge in [0.25, 0.3) is 0 Å². The second-order valence-corrected chi connectivity index (χ2v) is 4.94. The predicted octanol–water partition coefficient (Wildman–Crippen LogP) is 3.80. The van der Waals surface area contributed by atoms with Gasteiger partial charge in [0, 0.05) is 18.2 Å². The molecule has 0 aliphatic carbocycles. The number of benzene rings is 1. The van der Waals surface area contributed by atoms with Gasteiger partial charge >= 0.3 is 6.18 Å². The first-order valence-electron chi connectivity index (χ1n) is 6.72. The number of nitrogens with zero attached hydrogens (tertiary/aromatic N) is 3. The Morgan fingerprint density at radius 2 is 1.95 bits per heavy atom. The Morgan fingerprint density at radius 1 is 1.24 bits per heavy atom. The standard InChI is InChI=1S/C14H17F3N4/c1-11(3-2-8-14(15,16)17)20-12-4-6-13(7-5-12)21-10-18-9-19-21/h4-7,9-11,20H,2-3,8H2,1H3. The van der Waals surface area contributed by atoms with Crippen LogP contribution in [0.4, 0.5) is 18.9 Å². The van der Waals surface area contributed by atoms with Crippen molar-refractivity contribution in [3.63, 3.8) is 0 Å². The molecule has 2 rings (SSSR count). The van der Waals surface area contributed by atoms with Crippen molar-refractivity contribution in [1.82, 2.24) is 14.8 Å². The first-order valence-corrected chi connectivity index (χ1v) is 6.72. The van der Waals surface area contributed by atoms with Gasteiger partial charge in [0.1, 0.15) is 12.7 Å². The van der Waals surface area contributed by atoms with Crippen LogP contribution in [0.1, 0.15) is 26.2 Å². The highest BCUT2D eigenvalue weighted by molar-refractivity contribution is 5.48. The molecule has 21 heavy (non-hydrogen) atoms. The minimum atomic E-state index is -4.07. The smallest absolute Gasteiger partial charge is 0.383 e. The van der Waals surface area contributed by atoms with Crippen molar-refractivity contribution in [3.8, 4) is 5.69 Å². The van der Waals surface area contributed by atoms with Crippen molar-refractivity contribution < 1.29 is 13.2 Å². The fourth-order valence-electron chi connectivity index (χ4n) is 2.02. The molecule has 0 radical (unpaired) electrons. The molecule has 0 amide bonds. The number of halogens is 3. The first kappa shape index (κ1) is 15.3. The fourth-order valence-corrected chi connectivity index (χ4v) is 2.02. The molecule has 7 heteroatoms. The molecule has 0 fully saturated rings. The normalized spacial score (nSPS) is 13.1. The van der Waals surface area contributed by atoms with Crippen LogP contribution in [0, 0.1) is 0 Å². The van der Waals surface area contributed by atoms with Crippen LogP contribution < -0.4 is 5.32 Å². The Morgan fingerprint density at radius 3 is 2.52 bits per heavy atom. The Labute approximate surface area is 121 Å². The first-order chi connectivity index (χ1) is 9.94. The average Bonchev–Trinajstić information content (AvgIpc) is 2.92. The quantitative estimate of drug-likeness (QED) is 0.882. The lowest BCUT2D eigenvalue weighted by Gasteiger charge is -2.16.